The standard InChI is InChI=1S/C13H11N3OS3/c1-7-5-3-4-6-8(7)16-10-9(20-13(16)19)11(17)15(2)12(18)14-10/h3-6H,1-2H3,(H,14,18). The maximum atomic E-state index is 12.3. The van der Waals surface area contributed by atoms with Crippen LogP contribution in [0.3, 0.4) is 0 Å². The molecule has 0 aliphatic carbocycles. The number of hydrogen-bond acceptors (Lipinski definition) is 4. The van der Waals surface area contributed by atoms with Gasteiger partial charge in [0.1, 0.15) is 10.3 Å². The van der Waals surface area contributed by atoms with Gasteiger partial charge in [-0.1, -0.05) is 29.5 Å². The van der Waals surface area contributed by atoms with Gasteiger partial charge >= 0.3 is 0 Å². The molecule has 4 nitrogen and oxygen atoms in total. The Morgan fingerprint density at radius 3 is 2.65 bits per heavy atom. The Balaban J connectivity index is 2.54. The quantitative estimate of drug-likeness (QED) is 0.698. The lowest BCUT2D eigenvalue weighted by atomic mass is 10.2. The fourth-order valence-corrected chi connectivity index (χ4v) is 3.63. The third kappa shape index (κ3) is 1.90. The Morgan fingerprint density at radius 2 is 1.95 bits per heavy atom. The van der Waals surface area contributed by atoms with E-state index < -0.39 is 0 Å². The molecule has 0 amide bonds. The molecular weight excluding hydrogens is 310 g/mol. The number of fused-ring (bicyclic) bond motifs is 1. The van der Waals surface area contributed by atoms with Crippen molar-refractivity contribution in [3.63, 3.8) is 0 Å². The smallest absolute Gasteiger partial charge is 0.273 e. The first-order valence-electron chi connectivity index (χ1n) is 5.91. The zero-order valence-electron chi connectivity index (χ0n) is 10.8. The molecule has 0 aliphatic rings. The zero-order valence-corrected chi connectivity index (χ0v) is 13.3. The van der Waals surface area contributed by atoms with Crippen molar-refractivity contribution in [3.05, 3.63) is 48.9 Å². The van der Waals surface area contributed by atoms with Crippen LogP contribution in [0.2, 0.25) is 0 Å². The Kier molecular flexibility index (Phi) is 3.19. The van der Waals surface area contributed by atoms with Gasteiger partial charge < -0.3 is 4.98 Å². The van der Waals surface area contributed by atoms with Crippen LogP contribution >= 0.6 is 35.8 Å². The number of benzene rings is 1. The molecule has 0 atom stereocenters. The molecule has 7 heteroatoms. The van der Waals surface area contributed by atoms with Crippen LogP contribution in [0.15, 0.2) is 29.1 Å². The van der Waals surface area contributed by atoms with Crippen molar-refractivity contribution >= 4 is 46.1 Å². The van der Waals surface area contributed by atoms with Crippen LogP contribution in [0, 0.1) is 15.6 Å². The molecule has 2 heterocycles. The van der Waals surface area contributed by atoms with Gasteiger partial charge in [0.25, 0.3) is 5.56 Å². The summed E-state index contributed by atoms with van der Waals surface area (Å²) < 4.78 is 4.91. The second-order valence-corrected chi connectivity index (χ2v) is 6.49. The molecule has 20 heavy (non-hydrogen) atoms. The number of H-pyrrole nitrogens is 1. The Bertz CT molecular complexity index is 990. The van der Waals surface area contributed by atoms with E-state index in [2.05, 4.69) is 4.98 Å². The maximum Gasteiger partial charge on any atom is 0.273 e. The van der Waals surface area contributed by atoms with Crippen LogP contribution in [0.25, 0.3) is 16.0 Å². The van der Waals surface area contributed by atoms with Crippen molar-refractivity contribution in [1.29, 1.82) is 0 Å². The van der Waals surface area contributed by atoms with E-state index in [-0.39, 0.29) is 5.56 Å². The summed E-state index contributed by atoms with van der Waals surface area (Å²) >= 11 is 11.9. The molecule has 2 aromatic heterocycles. The van der Waals surface area contributed by atoms with Crippen molar-refractivity contribution < 1.29 is 0 Å². The van der Waals surface area contributed by atoms with Gasteiger partial charge in [0.15, 0.2) is 8.73 Å². The number of nitrogens with one attached hydrogen (secondary N) is 1. The molecule has 0 radical (unpaired) electrons. The summed E-state index contributed by atoms with van der Waals surface area (Å²) in [6.07, 6.45) is 0. The summed E-state index contributed by atoms with van der Waals surface area (Å²) in [5.74, 6) is 0. The molecule has 0 fully saturated rings. The number of aromatic nitrogens is 3. The van der Waals surface area contributed by atoms with Crippen LogP contribution in [-0.2, 0) is 7.05 Å². The molecule has 0 saturated heterocycles. The van der Waals surface area contributed by atoms with E-state index in [0.717, 1.165) is 11.3 Å². The summed E-state index contributed by atoms with van der Waals surface area (Å²) in [5, 5.41) is 0. The van der Waals surface area contributed by atoms with Gasteiger partial charge in [-0.2, -0.15) is 0 Å². The van der Waals surface area contributed by atoms with Crippen LogP contribution in [0.4, 0.5) is 0 Å². The molecule has 3 aromatic rings. The first-order chi connectivity index (χ1) is 9.50. The van der Waals surface area contributed by atoms with Crippen molar-refractivity contribution in [2.45, 2.75) is 6.92 Å². The van der Waals surface area contributed by atoms with E-state index in [9.17, 15) is 4.79 Å². The second-order valence-electron chi connectivity index (χ2n) is 4.46. The molecule has 0 unspecified atom stereocenters. The van der Waals surface area contributed by atoms with Gasteiger partial charge in [-0.05, 0) is 43.0 Å². The third-order valence-corrected chi connectivity index (χ3v) is 4.93. The van der Waals surface area contributed by atoms with Crippen molar-refractivity contribution in [3.8, 4) is 5.69 Å². The average Bonchev–Trinajstić information content (AvgIpc) is 2.74. The fraction of sp³-hybridized carbons (Fsp3) is 0.154. The van der Waals surface area contributed by atoms with Crippen molar-refractivity contribution in [2.75, 3.05) is 0 Å². The minimum atomic E-state index is -0.118. The van der Waals surface area contributed by atoms with Crippen LogP contribution in [-0.4, -0.2) is 14.1 Å². The van der Waals surface area contributed by atoms with Crippen LogP contribution in [0.1, 0.15) is 5.56 Å². The van der Waals surface area contributed by atoms with E-state index in [1.165, 1.54) is 15.9 Å². The summed E-state index contributed by atoms with van der Waals surface area (Å²) in [5.41, 5.74) is 2.60. The van der Waals surface area contributed by atoms with Gasteiger partial charge in [0, 0.05) is 7.05 Å². The van der Waals surface area contributed by atoms with Gasteiger partial charge in [0.2, 0.25) is 0 Å². The zero-order chi connectivity index (χ0) is 14.4. The molecule has 1 aromatic carbocycles. The number of para-hydroxylation sites is 1. The summed E-state index contributed by atoms with van der Waals surface area (Å²) in [7, 11) is 1.65. The highest BCUT2D eigenvalue weighted by atomic mass is 32.1. The normalized spacial score (nSPS) is 11.1. The van der Waals surface area contributed by atoms with Crippen molar-refractivity contribution in [2.24, 2.45) is 7.05 Å². The molecular formula is C13H11N3OS3. The topological polar surface area (TPSA) is 42.7 Å². The minimum absolute atomic E-state index is 0.118. The number of hydrogen-bond donors (Lipinski definition) is 1. The highest BCUT2D eigenvalue weighted by molar-refractivity contribution is 7.73. The van der Waals surface area contributed by atoms with Crippen LogP contribution in [0.5, 0.6) is 0 Å². The lowest BCUT2D eigenvalue weighted by molar-refractivity contribution is 0.820. The lowest BCUT2D eigenvalue weighted by Crippen LogP contribution is -2.18. The molecule has 0 spiro atoms. The third-order valence-electron chi connectivity index (χ3n) is 3.20. The predicted molar refractivity (Wildman–Crippen MR) is 87.1 cm³/mol. The molecule has 102 valence electrons. The monoisotopic (exact) mass is 321 g/mol. The average molecular weight is 321 g/mol. The van der Waals surface area contributed by atoms with Crippen molar-refractivity contribution in [1.82, 2.24) is 14.1 Å². The van der Waals surface area contributed by atoms with E-state index >= 15 is 0 Å². The molecule has 1 N–H and O–H groups in total. The summed E-state index contributed by atoms with van der Waals surface area (Å²) in [6, 6.07) is 7.91. The fourth-order valence-electron chi connectivity index (χ4n) is 2.09. The first-order valence-corrected chi connectivity index (χ1v) is 7.55. The Labute approximate surface area is 128 Å². The maximum absolute atomic E-state index is 12.3. The number of aromatic amines is 1. The van der Waals surface area contributed by atoms with Gasteiger partial charge in [-0.15, -0.1) is 0 Å². The number of nitrogens with zero attached hydrogens (tertiary/aromatic N) is 2. The Morgan fingerprint density at radius 1 is 1.25 bits per heavy atom. The van der Waals surface area contributed by atoms with Crippen LogP contribution < -0.4 is 5.56 Å². The highest BCUT2D eigenvalue weighted by Gasteiger charge is 2.13. The number of aryl methyl sites for hydroxylation is 1. The Hall–Kier alpha value is -1.57. The van der Waals surface area contributed by atoms with E-state index in [1.54, 1.807) is 7.05 Å². The molecule has 0 saturated carbocycles. The first kappa shape index (κ1) is 13.4. The van der Waals surface area contributed by atoms with E-state index in [4.69, 9.17) is 24.4 Å². The molecule has 3 rings (SSSR count). The molecule has 0 aliphatic heterocycles. The number of rotatable bonds is 1. The largest absolute Gasteiger partial charge is 0.317 e. The van der Waals surface area contributed by atoms with E-state index in [1.807, 2.05) is 35.8 Å². The molecule has 0 bridgehead atoms. The second kappa shape index (κ2) is 4.76. The minimum Gasteiger partial charge on any atom is -0.317 e. The van der Waals surface area contributed by atoms with Gasteiger partial charge in [-0.3, -0.25) is 13.9 Å². The van der Waals surface area contributed by atoms with E-state index in [0.29, 0.717) is 19.1 Å². The SMILES string of the molecule is Cc1ccccc1-n1c(=S)sc2c(=O)n(C)c(=S)[nH]c21. The summed E-state index contributed by atoms with van der Waals surface area (Å²) in [4.78, 5) is 15.4. The predicted octanol–water partition coefficient (Wildman–Crippen LogP) is 3.49. The lowest BCUT2D eigenvalue weighted by Gasteiger charge is -2.08. The number of thiazole rings is 1. The van der Waals surface area contributed by atoms with Gasteiger partial charge in [0.05, 0.1) is 5.69 Å². The highest BCUT2D eigenvalue weighted by Crippen LogP contribution is 2.24. The summed E-state index contributed by atoms with van der Waals surface area (Å²) in [6.45, 7) is 2.01. The van der Waals surface area contributed by atoms with Gasteiger partial charge in [-0.25, -0.2) is 0 Å².